The first-order chi connectivity index (χ1) is 9.20. The van der Waals surface area contributed by atoms with E-state index in [1.54, 1.807) is 0 Å². The zero-order chi connectivity index (χ0) is 14.1. The number of aryl methyl sites for hydroxylation is 1. The molecule has 1 atom stereocenters. The lowest BCUT2D eigenvalue weighted by molar-refractivity contribution is 0.496. The van der Waals surface area contributed by atoms with E-state index < -0.39 is 0 Å². The summed E-state index contributed by atoms with van der Waals surface area (Å²) in [5.74, 6) is 0. The van der Waals surface area contributed by atoms with Crippen molar-refractivity contribution in [3.63, 3.8) is 0 Å². The second-order valence-electron chi connectivity index (χ2n) is 5.69. The van der Waals surface area contributed by atoms with Crippen molar-refractivity contribution in [2.24, 2.45) is 0 Å². The highest BCUT2D eigenvalue weighted by Crippen LogP contribution is 2.24. The number of hydrogen-bond acceptors (Lipinski definition) is 1. The Morgan fingerprint density at radius 1 is 1.00 bits per heavy atom. The monoisotopic (exact) mass is 261 g/mol. The van der Waals surface area contributed by atoms with E-state index in [4.69, 9.17) is 0 Å². The number of unbranched alkanes of at least 4 members (excludes halogenated alkanes) is 5. The first kappa shape index (κ1) is 16.2. The van der Waals surface area contributed by atoms with E-state index >= 15 is 0 Å². The Labute approximate surface area is 119 Å². The molecule has 1 heteroatoms. The summed E-state index contributed by atoms with van der Waals surface area (Å²) in [7, 11) is 2.09. The second kappa shape index (κ2) is 9.14. The van der Waals surface area contributed by atoms with Gasteiger partial charge >= 0.3 is 0 Å². The van der Waals surface area contributed by atoms with Crippen molar-refractivity contribution in [3.8, 4) is 0 Å². The molecule has 0 aliphatic carbocycles. The molecule has 0 bridgehead atoms. The van der Waals surface area contributed by atoms with Gasteiger partial charge in [-0.1, -0.05) is 63.6 Å². The van der Waals surface area contributed by atoms with E-state index in [2.05, 4.69) is 51.3 Å². The fourth-order valence-corrected chi connectivity index (χ4v) is 2.74. The molecule has 0 saturated heterocycles. The topological polar surface area (TPSA) is 12.0 Å². The van der Waals surface area contributed by atoms with Crippen LogP contribution in [0.1, 0.15) is 74.6 Å². The smallest absolute Gasteiger partial charge is 0.0320 e. The highest BCUT2D eigenvalue weighted by Gasteiger charge is 2.11. The molecule has 1 N–H and O–H groups in total. The first-order valence-corrected chi connectivity index (χ1v) is 7.94. The van der Waals surface area contributed by atoms with Crippen molar-refractivity contribution in [2.45, 2.75) is 71.8 Å². The van der Waals surface area contributed by atoms with Crippen LogP contribution in [0.4, 0.5) is 0 Å². The van der Waals surface area contributed by atoms with Gasteiger partial charge in [0.1, 0.15) is 0 Å². The molecule has 19 heavy (non-hydrogen) atoms. The van der Waals surface area contributed by atoms with Gasteiger partial charge in [0, 0.05) is 6.04 Å². The minimum Gasteiger partial charge on any atom is -0.313 e. The van der Waals surface area contributed by atoms with Crippen molar-refractivity contribution < 1.29 is 0 Å². The van der Waals surface area contributed by atoms with E-state index in [-0.39, 0.29) is 0 Å². The van der Waals surface area contributed by atoms with Crippen LogP contribution in [-0.4, -0.2) is 7.05 Å². The Bertz CT molecular complexity index is 357. The summed E-state index contributed by atoms with van der Waals surface area (Å²) in [6.07, 6.45) is 9.51. The van der Waals surface area contributed by atoms with Crippen LogP contribution in [0.2, 0.25) is 0 Å². The third kappa shape index (κ3) is 5.36. The van der Waals surface area contributed by atoms with Crippen molar-refractivity contribution in [1.29, 1.82) is 0 Å². The van der Waals surface area contributed by atoms with Gasteiger partial charge in [0.05, 0.1) is 0 Å². The van der Waals surface area contributed by atoms with Gasteiger partial charge in [0.2, 0.25) is 0 Å². The third-order valence-electron chi connectivity index (χ3n) is 4.22. The van der Waals surface area contributed by atoms with Gasteiger partial charge in [0.15, 0.2) is 0 Å². The van der Waals surface area contributed by atoms with Crippen LogP contribution in [0.5, 0.6) is 0 Å². The van der Waals surface area contributed by atoms with Crippen molar-refractivity contribution in [2.75, 3.05) is 7.05 Å². The molecule has 1 aromatic carbocycles. The minimum absolute atomic E-state index is 0.520. The lowest BCUT2D eigenvalue weighted by Crippen LogP contribution is -2.17. The fraction of sp³-hybridized carbons (Fsp3) is 0.667. The Morgan fingerprint density at radius 3 is 2.37 bits per heavy atom. The van der Waals surface area contributed by atoms with Crippen LogP contribution in [0.25, 0.3) is 0 Å². The quantitative estimate of drug-likeness (QED) is 0.594. The molecule has 0 aliphatic heterocycles. The zero-order valence-electron chi connectivity index (χ0n) is 13.3. The fourth-order valence-electron chi connectivity index (χ4n) is 2.74. The van der Waals surface area contributed by atoms with Gasteiger partial charge in [-0.15, -0.1) is 0 Å². The van der Waals surface area contributed by atoms with E-state index in [9.17, 15) is 0 Å². The Hall–Kier alpha value is -0.820. The second-order valence-corrected chi connectivity index (χ2v) is 5.69. The summed E-state index contributed by atoms with van der Waals surface area (Å²) in [5, 5.41) is 3.49. The highest BCUT2D eigenvalue weighted by molar-refractivity contribution is 5.35. The molecule has 0 radical (unpaired) electrons. The first-order valence-electron chi connectivity index (χ1n) is 7.94. The van der Waals surface area contributed by atoms with Crippen molar-refractivity contribution in [3.05, 3.63) is 34.9 Å². The van der Waals surface area contributed by atoms with Crippen LogP contribution in [0.3, 0.4) is 0 Å². The third-order valence-corrected chi connectivity index (χ3v) is 4.22. The summed E-state index contributed by atoms with van der Waals surface area (Å²) in [4.78, 5) is 0. The van der Waals surface area contributed by atoms with Crippen LogP contribution >= 0.6 is 0 Å². The summed E-state index contributed by atoms with van der Waals surface area (Å²) < 4.78 is 0. The van der Waals surface area contributed by atoms with Gasteiger partial charge < -0.3 is 5.32 Å². The molecule has 0 saturated carbocycles. The maximum atomic E-state index is 3.49. The molecule has 1 unspecified atom stereocenters. The van der Waals surface area contributed by atoms with Crippen molar-refractivity contribution >= 4 is 0 Å². The maximum Gasteiger partial charge on any atom is 0.0320 e. The van der Waals surface area contributed by atoms with Gasteiger partial charge in [-0.3, -0.25) is 0 Å². The number of rotatable bonds is 9. The molecular formula is C18H31N. The molecule has 0 aliphatic rings. The molecule has 0 spiro atoms. The van der Waals surface area contributed by atoms with E-state index in [1.807, 2.05) is 0 Å². The SMILES string of the molecule is CCCCCCCCC(NC)c1cccc(C)c1C. The average molecular weight is 261 g/mol. The van der Waals surface area contributed by atoms with Crippen LogP contribution in [0, 0.1) is 13.8 Å². The lowest BCUT2D eigenvalue weighted by atomic mass is 9.94. The van der Waals surface area contributed by atoms with Crippen LogP contribution in [0.15, 0.2) is 18.2 Å². The molecule has 0 aromatic heterocycles. The van der Waals surface area contributed by atoms with Gasteiger partial charge in [0.25, 0.3) is 0 Å². The Kier molecular flexibility index (Phi) is 7.81. The number of nitrogens with one attached hydrogen (secondary N) is 1. The number of benzene rings is 1. The predicted octanol–water partition coefficient (Wildman–Crippen LogP) is 5.31. The normalized spacial score (nSPS) is 12.6. The molecule has 1 rings (SSSR count). The van der Waals surface area contributed by atoms with Gasteiger partial charge in [-0.05, 0) is 44.0 Å². The maximum absolute atomic E-state index is 3.49. The molecule has 0 heterocycles. The van der Waals surface area contributed by atoms with E-state index in [0.717, 1.165) is 0 Å². The van der Waals surface area contributed by atoms with Gasteiger partial charge in [-0.2, -0.15) is 0 Å². The Balaban J connectivity index is 2.43. The largest absolute Gasteiger partial charge is 0.313 e. The van der Waals surface area contributed by atoms with Gasteiger partial charge in [-0.25, -0.2) is 0 Å². The summed E-state index contributed by atoms with van der Waals surface area (Å²) >= 11 is 0. The summed E-state index contributed by atoms with van der Waals surface area (Å²) in [5.41, 5.74) is 4.34. The summed E-state index contributed by atoms with van der Waals surface area (Å²) in [6, 6.07) is 7.19. The average Bonchev–Trinajstić information content (AvgIpc) is 2.42. The highest BCUT2D eigenvalue weighted by atomic mass is 14.9. The molecular weight excluding hydrogens is 230 g/mol. The van der Waals surface area contributed by atoms with Crippen LogP contribution in [-0.2, 0) is 0 Å². The lowest BCUT2D eigenvalue weighted by Gasteiger charge is -2.20. The summed E-state index contributed by atoms with van der Waals surface area (Å²) in [6.45, 7) is 6.73. The minimum atomic E-state index is 0.520. The van der Waals surface area contributed by atoms with E-state index in [1.165, 1.54) is 61.6 Å². The predicted molar refractivity (Wildman–Crippen MR) is 85.7 cm³/mol. The van der Waals surface area contributed by atoms with Crippen molar-refractivity contribution in [1.82, 2.24) is 5.32 Å². The molecule has 1 nitrogen and oxygen atoms in total. The van der Waals surface area contributed by atoms with E-state index in [0.29, 0.717) is 6.04 Å². The zero-order valence-corrected chi connectivity index (χ0v) is 13.3. The molecule has 1 aromatic rings. The number of hydrogen-bond donors (Lipinski definition) is 1. The molecule has 0 fully saturated rings. The van der Waals surface area contributed by atoms with Crippen LogP contribution < -0.4 is 5.32 Å². The Morgan fingerprint density at radius 2 is 1.68 bits per heavy atom. The molecule has 108 valence electrons. The standard InChI is InChI=1S/C18H31N/c1-5-6-7-8-9-10-14-18(19-4)17-13-11-12-15(2)16(17)3/h11-13,18-19H,5-10,14H2,1-4H3. The molecule has 0 amide bonds.